The molecule has 1 amide bonds. The summed E-state index contributed by atoms with van der Waals surface area (Å²) in [5.41, 5.74) is 0.648. The van der Waals surface area contributed by atoms with Crippen LogP contribution < -0.4 is 0 Å². The van der Waals surface area contributed by atoms with Crippen LogP contribution >= 0.6 is 15.9 Å². The standard InChI is InChI=1S/C10H14BrNO3/c1-7(3-10(14)15-2)12-6-8(5-11)4-9(12)13/h3,8H,4-6H2,1-2H3. The molecule has 0 saturated carbocycles. The first-order valence-corrected chi connectivity index (χ1v) is 5.83. The normalized spacial score (nSPS) is 22.1. The maximum absolute atomic E-state index is 11.6. The van der Waals surface area contributed by atoms with E-state index in [4.69, 9.17) is 0 Å². The molecule has 0 aliphatic carbocycles. The van der Waals surface area contributed by atoms with Gasteiger partial charge in [-0.3, -0.25) is 4.79 Å². The fraction of sp³-hybridized carbons (Fsp3) is 0.600. The molecule has 0 bridgehead atoms. The van der Waals surface area contributed by atoms with Crippen LogP contribution in [0.1, 0.15) is 13.3 Å². The molecule has 1 fully saturated rings. The molecule has 0 radical (unpaired) electrons. The molecule has 84 valence electrons. The molecule has 5 heteroatoms. The minimum absolute atomic E-state index is 0.0668. The average Bonchev–Trinajstić information content (AvgIpc) is 2.59. The van der Waals surface area contributed by atoms with Crippen LogP contribution in [-0.2, 0) is 14.3 Å². The summed E-state index contributed by atoms with van der Waals surface area (Å²) in [7, 11) is 1.32. The van der Waals surface area contributed by atoms with Gasteiger partial charge in [0.1, 0.15) is 0 Å². The molecular weight excluding hydrogens is 262 g/mol. The summed E-state index contributed by atoms with van der Waals surface area (Å²) < 4.78 is 4.51. The summed E-state index contributed by atoms with van der Waals surface area (Å²) >= 11 is 3.35. The Morgan fingerprint density at radius 2 is 2.40 bits per heavy atom. The first-order valence-electron chi connectivity index (χ1n) is 4.71. The second kappa shape index (κ2) is 5.30. The molecule has 1 heterocycles. The number of methoxy groups -OCH3 is 1. The van der Waals surface area contributed by atoms with E-state index in [1.807, 2.05) is 0 Å². The van der Waals surface area contributed by atoms with Gasteiger partial charge in [-0.1, -0.05) is 15.9 Å². The van der Waals surface area contributed by atoms with Gasteiger partial charge in [0, 0.05) is 30.1 Å². The van der Waals surface area contributed by atoms with Crippen LogP contribution in [0.4, 0.5) is 0 Å². The number of halogens is 1. The highest BCUT2D eigenvalue weighted by Crippen LogP contribution is 2.23. The largest absolute Gasteiger partial charge is 0.466 e. The zero-order valence-electron chi connectivity index (χ0n) is 8.83. The summed E-state index contributed by atoms with van der Waals surface area (Å²) in [6.45, 7) is 2.41. The van der Waals surface area contributed by atoms with Crippen molar-refractivity contribution in [3.63, 3.8) is 0 Å². The molecule has 1 aliphatic rings. The fourth-order valence-electron chi connectivity index (χ4n) is 1.53. The number of carbonyl (C=O) groups is 2. The van der Waals surface area contributed by atoms with Crippen LogP contribution in [-0.4, -0.2) is 35.8 Å². The minimum atomic E-state index is -0.428. The number of alkyl halides is 1. The summed E-state index contributed by atoms with van der Waals surface area (Å²) in [6, 6.07) is 0. The Morgan fingerprint density at radius 3 is 2.87 bits per heavy atom. The van der Waals surface area contributed by atoms with Crippen molar-refractivity contribution in [2.24, 2.45) is 5.92 Å². The van der Waals surface area contributed by atoms with Crippen molar-refractivity contribution in [2.75, 3.05) is 19.0 Å². The van der Waals surface area contributed by atoms with E-state index in [2.05, 4.69) is 20.7 Å². The van der Waals surface area contributed by atoms with E-state index in [9.17, 15) is 9.59 Å². The number of likely N-dealkylation sites (tertiary alicyclic amines) is 1. The number of esters is 1. The number of ether oxygens (including phenoxy) is 1. The molecule has 1 unspecified atom stereocenters. The van der Waals surface area contributed by atoms with Crippen LogP contribution in [0, 0.1) is 5.92 Å². The van der Waals surface area contributed by atoms with Gasteiger partial charge in [-0.15, -0.1) is 0 Å². The molecule has 0 aromatic carbocycles. The molecule has 0 spiro atoms. The number of hydrogen-bond donors (Lipinski definition) is 0. The van der Waals surface area contributed by atoms with Crippen molar-refractivity contribution in [1.29, 1.82) is 0 Å². The van der Waals surface area contributed by atoms with E-state index in [1.165, 1.54) is 13.2 Å². The van der Waals surface area contributed by atoms with Gasteiger partial charge in [0.15, 0.2) is 0 Å². The lowest BCUT2D eigenvalue weighted by atomic mass is 10.2. The maximum Gasteiger partial charge on any atom is 0.332 e. The fourth-order valence-corrected chi connectivity index (χ4v) is 1.97. The SMILES string of the molecule is COC(=O)C=C(C)N1CC(CBr)CC1=O. The number of nitrogens with zero attached hydrogens (tertiary/aromatic N) is 1. The van der Waals surface area contributed by atoms with Crippen molar-refractivity contribution in [3.05, 3.63) is 11.8 Å². The molecule has 15 heavy (non-hydrogen) atoms. The van der Waals surface area contributed by atoms with Crippen molar-refractivity contribution < 1.29 is 14.3 Å². The van der Waals surface area contributed by atoms with Crippen molar-refractivity contribution in [2.45, 2.75) is 13.3 Å². The second-order valence-electron chi connectivity index (χ2n) is 3.54. The summed E-state index contributed by atoms with van der Waals surface area (Å²) in [4.78, 5) is 24.2. The van der Waals surface area contributed by atoms with Gasteiger partial charge in [-0.25, -0.2) is 4.79 Å². The third kappa shape index (κ3) is 3.06. The van der Waals surface area contributed by atoms with Crippen molar-refractivity contribution in [1.82, 2.24) is 4.90 Å². The van der Waals surface area contributed by atoms with Crippen molar-refractivity contribution in [3.8, 4) is 0 Å². The Balaban J connectivity index is 2.68. The summed E-state index contributed by atoms with van der Waals surface area (Å²) in [5, 5.41) is 0.806. The number of allylic oxidation sites excluding steroid dienone is 1. The van der Waals surface area contributed by atoms with Gasteiger partial charge in [0.25, 0.3) is 0 Å². The minimum Gasteiger partial charge on any atom is -0.466 e. The molecule has 1 saturated heterocycles. The highest BCUT2D eigenvalue weighted by Gasteiger charge is 2.29. The van der Waals surface area contributed by atoms with E-state index in [1.54, 1.807) is 11.8 Å². The van der Waals surface area contributed by atoms with E-state index >= 15 is 0 Å². The highest BCUT2D eigenvalue weighted by molar-refractivity contribution is 9.09. The van der Waals surface area contributed by atoms with Gasteiger partial charge in [0.05, 0.1) is 7.11 Å². The molecule has 4 nitrogen and oxygen atoms in total. The Kier molecular flexibility index (Phi) is 4.32. The molecular formula is C10H14BrNO3. The lowest BCUT2D eigenvalue weighted by molar-refractivity contribution is -0.135. The molecule has 0 aromatic heterocycles. The van der Waals surface area contributed by atoms with Crippen LogP contribution in [0.2, 0.25) is 0 Å². The highest BCUT2D eigenvalue weighted by atomic mass is 79.9. The van der Waals surface area contributed by atoms with E-state index < -0.39 is 5.97 Å². The Labute approximate surface area is 97.4 Å². The third-order valence-electron chi connectivity index (χ3n) is 2.38. The first-order chi connectivity index (χ1) is 7.08. The molecule has 1 atom stereocenters. The average molecular weight is 276 g/mol. The number of hydrogen-bond acceptors (Lipinski definition) is 3. The van der Waals surface area contributed by atoms with Crippen LogP contribution in [0.3, 0.4) is 0 Å². The van der Waals surface area contributed by atoms with E-state index in [0.717, 1.165) is 5.33 Å². The molecule has 0 aromatic rings. The Morgan fingerprint density at radius 1 is 1.73 bits per heavy atom. The summed E-state index contributed by atoms with van der Waals surface area (Å²) in [5.74, 6) is -0.0295. The summed E-state index contributed by atoms with van der Waals surface area (Å²) in [6.07, 6.45) is 1.88. The van der Waals surface area contributed by atoms with Gasteiger partial charge in [-0.05, 0) is 12.8 Å². The van der Waals surface area contributed by atoms with Crippen LogP contribution in [0.5, 0.6) is 0 Å². The zero-order valence-corrected chi connectivity index (χ0v) is 10.4. The van der Waals surface area contributed by atoms with Gasteiger partial charge >= 0.3 is 5.97 Å². The smallest absolute Gasteiger partial charge is 0.332 e. The lowest BCUT2D eigenvalue weighted by Gasteiger charge is -2.16. The molecule has 1 rings (SSSR count). The monoisotopic (exact) mass is 275 g/mol. The predicted molar refractivity (Wildman–Crippen MR) is 59.4 cm³/mol. The topological polar surface area (TPSA) is 46.6 Å². The quantitative estimate of drug-likeness (QED) is 0.443. The number of rotatable bonds is 3. The molecule has 0 N–H and O–H groups in total. The van der Waals surface area contributed by atoms with E-state index in [-0.39, 0.29) is 5.91 Å². The van der Waals surface area contributed by atoms with Gasteiger partial charge in [-0.2, -0.15) is 0 Å². The Bertz CT molecular complexity index is 301. The third-order valence-corrected chi connectivity index (χ3v) is 3.29. The van der Waals surface area contributed by atoms with Crippen LogP contribution in [0.15, 0.2) is 11.8 Å². The second-order valence-corrected chi connectivity index (χ2v) is 4.19. The van der Waals surface area contributed by atoms with E-state index in [0.29, 0.717) is 24.6 Å². The number of carbonyl (C=O) groups excluding carboxylic acids is 2. The maximum atomic E-state index is 11.6. The van der Waals surface area contributed by atoms with Crippen LogP contribution in [0.25, 0.3) is 0 Å². The van der Waals surface area contributed by atoms with Gasteiger partial charge < -0.3 is 9.64 Å². The first kappa shape index (κ1) is 12.2. The number of amides is 1. The zero-order chi connectivity index (χ0) is 11.4. The predicted octanol–water partition coefficient (Wildman–Crippen LogP) is 1.31. The van der Waals surface area contributed by atoms with Gasteiger partial charge in [0.2, 0.25) is 5.91 Å². The lowest BCUT2D eigenvalue weighted by Crippen LogP contribution is -2.24. The Hall–Kier alpha value is -0.840. The molecule has 1 aliphatic heterocycles. The van der Waals surface area contributed by atoms with Crippen molar-refractivity contribution >= 4 is 27.8 Å².